The summed E-state index contributed by atoms with van der Waals surface area (Å²) in [6, 6.07) is -1.31. The van der Waals surface area contributed by atoms with Gasteiger partial charge in [0.15, 0.2) is 0 Å². The SMILES string of the molecule is CC1=CC=C(N)C(N)C1(C1CCN(C(=O)C2CC2)C1)C(F)(F)F. The maximum absolute atomic E-state index is 14.1. The van der Waals surface area contributed by atoms with E-state index in [0.29, 0.717) is 13.0 Å². The molecule has 3 rings (SSSR count). The van der Waals surface area contributed by atoms with E-state index in [2.05, 4.69) is 0 Å². The number of allylic oxidation sites excluding steroid dienone is 2. The number of rotatable bonds is 2. The van der Waals surface area contributed by atoms with Crippen LogP contribution in [0.3, 0.4) is 0 Å². The fourth-order valence-corrected chi connectivity index (χ4v) is 4.10. The third kappa shape index (κ3) is 2.36. The summed E-state index contributed by atoms with van der Waals surface area (Å²) >= 11 is 0. The number of nitrogens with zero attached hydrogens (tertiary/aromatic N) is 1. The Labute approximate surface area is 133 Å². The lowest BCUT2D eigenvalue weighted by Crippen LogP contribution is -2.60. The van der Waals surface area contributed by atoms with Crippen LogP contribution in [0.15, 0.2) is 23.4 Å². The van der Waals surface area contributed by atoms with E-state index < -0.39 is 23.6 Å². The minimum atomic E-state index is -4.52. The van der Waals surface area contributed by atoms with Crippen LogP contribution >= 0.6 is 0 Å². The van der Waals surface area contributed by atoms with Gasteiger partial charge in [0, 0.05) is 24.7 Å². The Balaban J connectivity index is 1.94. The number of nitrogens with two attached hydrogens (primary N) is 2. The zero-order chi connectivity index (χ0) is 17.0. The summed E-state index contributed by atoms with van der Waals surface area (Å²) in [5, 5.41) is 0. The van der Waals surface area contributed by atoms with Crippen molar-refractivity contribution in [3.05, 3.63) is 23.4 Å². The molecule has 3 aliphatic rings. The van der Waals surface area contributed by atoms with Gasteiger partial charge in [-0.1, -0.05) is 11.6 Å². The number of halogens is 3. The van der Waals surface area contributed by atoms with Gasteiger partial charge in [-0.05, 0) is 38.2 Å². The minimum absolute atomic E-state index is 0.0113. The quantitative estimate of drug-likeness (QED) is 0.813. The number of carbonyl (C=O) groups is 1. The molecule has 7 heteroatoms. The van der Waals surface area contributed by atoms with Crippen LogP contribution < -0.4 is 11.5 Å². The van der Waals surface area contributed by atoms with Gasteiger partial charge in [0.05, 0.1) is 6.04 Å². The molecular formula is C16H22F3N3O. The van der Waals surface area contributed by atoms with Crippen molar-refractivity contribution in [2.24, 2.45) is 28.7 Å². The second kappa shape index (κ2) is 5.26. The number of amides is 1. The molecule has 4 nitrogen and oxygen atoms in total. The highest BCUT2D eigenvalue weighted by Crippen LogP contribution is 2.56. The second-order valence-electron chi connectivity index (χ2n) is 6.90. The van der Waals surface area contributed by atoms with Crippen LogP contribution in [0.1, 0.15) is 26.2 Å². The van der Waals surface area contributed by atoms with Gasteiger partial charge in [-0.3, -0.25) is 4.79 Å². The van der Waals surface area contributed by atoms with Crippen molar-refractivity contribution in [1.82, 2.24) is 4.90 Å². The van der Waals surface area contributed by atoms with Crippen LogP contribution in [-0.4, -0.2) is 36.1 Å². The molecule has 0 aromatic heterocycles. The van der Waals surface area contributed by atoms with E-state index in [1.807, 2.05) is 0 Å². The number of alkyl halides is 3. The molecular weight excluding hydrogens is 307 g/mol. The molecule has 0 aromatic rings. The second-order valence-corrected chi connectivity index (χ2v) is 6.90. The summed E-state index contributed by atoms with van der Waals surface area (Å²) in [6.07, 6.45) is 0.333. The molecule has 23 heavy (non-hydrogen) atoms. The highest BCUT2D eigenvalue weighted by molar-refractivity contribution is 5.81. The third-order valence-electron chi connectivity index (χ3n) is 5.57. The lowest BCUT2D eigenvalue weighted by Gasteiger charge is -2.47. The number of hydrogen-bond acceptors (Lipinski definition) is 3. The Morgan fingerprint density at radius 2 is 1.96 bits per heavy atom. The van der Waals surface area contributed by atoms with Gasteiger partial charge in [-0.2, -0.15) is 13.2 Å². The van der Waals surface area contributed by atoms with Crippen molar-refractivity contribution in [3.63, 3.8) is 0 Å². The Morgan fingerprint density at radius 3 is 2.52 bits per heavy atom. The maximum atomic E-state index is 14.1. The molecule has 2 aliphatic carbocycles. The van der Waals surface area contributed by atoms with E-state index in [9.17, 15) is 18.0 Å². The highest BCUT2D eigenvalue weighted by Gasteiger charge is 2.65. The molecule has 3 atom stereocenters. The molecule has 0 spiro atoms. The monoisotopic (exact) mass is 329 g/mol. The summed E-state index contributed by atoms with van der Waals surface area (Å²) < 4.78 is 42.3. The fraction of sp³-hybridized carbons (Fsp3) is 0.688. The van der Waals surface area contributed by atoms with E-state index in [0.717, 1.165) is 12.8 Å². The largest absolute Gasteiger partial charge is 0.401 e. The predicted octanol–water partition coefficient (Wildman–Crippen LogP) is 1.92. The summed E-state index contributed by atoms with van der Waals surface area (Å²) in [5.74, 6) is -0.764. The standard InChI is InChI=1S/C16H22F3N3O/c1-9-2-5-12(20)13(21)15(9,16(17,18)19)11-6-7-22(8-11)14(23)10-3-4-10/h2,5,10-11,13H,3-4,6-8,20-21H2,1H3. The van der Waals surface area contributed by atoms with Crippen LogP contribution in [0.4, 0.5) is 13.2 Å². The summed E-state index contributed by atoms with van der Waals surface area (Å²) in [5.41, 5.74) is 9.72. The summed E-state index contributed by atoms with van der Waals surface area (Å²) in [7, 11) is 0. The first kappa shape index (κ1) is 16.4. The van der Waals surface area contributed by atoms with Crippen LogP contribution in [-0.2, 0) is 4.79 Å². The first-order valence-electron chi connectivity index (χ1n) is 7.95. The topological polar surface area (TPSA) is 72.3 Å². The first-order valence-corrected chi connectivity index (χ1v) is 7.95. The van der Waals surface area contributed by atoms with Gasteiger partial charge in [0.25, 0.3) is 0 Å². The molecule has 3 unspecified atom stereocenters. The zero-order valence-electron chi connectivity index (χ0n) is 13.1. The Kier molecular flexibility index (Phi) is 3.74. The van der Waals surface area contributed by atoms with Gasteiger partial charge in [0.2, 0.25) is 5.91 Å². The van der Waals surface area contributed by atoms with Gasteiger partial charge >= 0.3 is 6.18 Å². The Bertz CT molecular complexity index is 580. The molecule has 0 radical (unpaired) electrons. The van der Waals surface area contributed by atoms with Crippen molar-refractivity contribution in [2.75, 3.05) is 13.1 Å². The zero-order valence-corrected chi connectivity index (χ0v) is 13.1. The number of likely N-dealkylation sites (tertiary alicyclic amines) is 1. The first-order chi connectivity index (χ1) is 10.7. The number of carbonyl (C=O) groups excluding carboxylic acids is 1. The van der Waals surface area contributed by atoms with Crippen molar-refractivity contribution >= 4 is 5.91 Å². The lowest BCUT2D eigenvalue weighted by molar-refractivity contribution is -0.231. The summed E-state index contributed by atoms with van der Waals surface area (Å²) in [4.78, 5) is 13.8. The third-order valence-corrected chi connectivity index (χ3v) is 5.57. The average Bonchev–Trinajstić information content (AvgIpc) is 3.20. The van der Waals surface area contributed by atoms with Crippen LogP contribution in [0, 0.1) is 17.3 Å². The van der Waals surface area contributed by atoms with E-state index in [-0.39, 0.29) is 29.6 Å². The molecule has 0 aromatic carbocycles. The van der Waals surface area contributed by atoms with Crippen molar-refractivity contribution in [2.45, 2.75) is 38.4 Å². The minimum Gasteiger partial charge on any atom is -0.401 e. The predicted molar refractivity (Wildman–Crippen MR) is 79.9 cm³/mol. The maximum Gasteiger partial charge on any atom is 0.400 e. The molecule has 2 fully saturated rings. The normalized spacial score (nSPS) is 35.1. The molecule has 128 valence electrons. The van der Waals surface area contributed by atoms with Crippen molar-refractivity contribution in [1.29, 1.82) is 0 Å². The molecule has 0 bridgehead atoms. The van der Waals surface area contributed by atoms with Gasteiger partial charge in [-0.25, -0.2) is 0 Å². The van der Waals surface area contributed by atoms with Crippen LogP contribution in [0.25, 0.3) is 0 Å². The van der Waals surface area contributed by atoms with Gasteiger partial charge in [-0.15, -0.1) is 0 Å². The molecule has 1 saturated heterocycles. The van der Waals surface area contributed by atoms with Gasteiger partial charge in [0.1, 0.15) is 5.41 Å². The Hall–Kier alpha value is -1.50. The highest BCUT2D eigenvalue weighted by atomic mass is 19.4. The molecule has 1 amide bonds. The van der Waals surface area contributed by atoms with Crippen LogP contribution in [0.2, 0.25) is 0 Å². The summed E-state index contributed by atoms with van der Waals surface area (Å²) in [6.45, 7) is 1.92. The number of hydrogen-bond donors (Lipinski definition) is 2. The van der Waals surface area contributed by atoms with E-state index in [1.165, 1.54) is 19.1 Å². The van der Waals surface area contributed by atoms with E-state index in [1.54, 1.807) is 4.90 Å². The smallest absolute Gasteiger partial charge is 0.400 e. The molecule has 1 saturated carbocycles. The molecule has 1 aliphatic heterocycles. The van der Waals surface area contributed by atoms with Crippen LogP contribution in [0.5, 0.6) is 0 Å². The van der Waals surface area contributed by atoms with E-state index >= 15 is 0 Å². The van der Waals surface area contributed by atoms with Gasteiger partial charge < -0.3 is 16.4 Å². The van der Waals surface area contributed by atoms with Crippen molar-refractivity contribution in [3.8, 4) is 0 Å². The van der Waals surface area contributed by atoms with Crippen molar-refractivity contribution < 1.29 is 18.0 Å². The molecule has 1 heterocycles. The average molecular weight is 329 g/mol. The molecule has 4 N–H and O–H groups in total. The van der Waals surface area contributed by atoms with E-state index in [4.69, 9.17) is 11.5 Å². The fourth-order valence-electron chi connectivity index (χ4n) is 4.10. The lowest BCUT2D eigenvalue weighted by atomic mass is 9.62. The Morgan fingerprint density at radius 1 is 1.30 bits per heavy atom.